The van der Waals surface area contributed by atoms with E-state index >= 15 is 0 Å². The van der Waals surface area contributed by atoms with E-state index in [-0.39, 0.29) is 18.0 Å². The predicted octanol–water partition coefficient (Wildman–Crippen LogP) is 2.93. The Hall–Kier alpha value is -2.89. The third-order valence-corrected chi connectivity index (χ3v) is 3.60. The number of nitrogens with zero attached hydrogens (tertiary/aromatic N) is 1. The van der Waals surface area contributed by atoms with Crippen molar-refractivity contribution in [2.24, 2.45) is 0 Å². The molecule has 0 saturated carbocycles. The summed E-state index contributed by atoms with van der Waals surface area (Å²) in [6, 6.07) is 10.3. The first-order chi connectivity index (χ1) is 11.6. The molecule has 0 unspecified atom stereocenters. The molecular weight excluding hydrogens is 304 g/mol. The van der Waals surface area contributed by atoms with Crippen LogP contribution >= 0.6 is 0 Å². The molecule has 0 bridgehead atoms. The molecule has 0 saturated heterocycles. The van der Waals surface area contributed by atoms with Crippen LogP contribution in [0.15, 0.2) is 48.8 Å². The molecule has 126 valence electrons. The van der Waals surface area contributed by atoms with Gasteiger partial charge in [-0.05, 0) is 55.3 Å². The average molecular weight is 326 g/mol. The second-order valence-electron chi connectivity index (χ2n) is 5.52. The lowest BCUT2D eigenvalue weighted by atomic mass is 10.1. The molecule has 0 aliphatic heterocycles. The van der Waals surface area contributed by atoms with E-state index in [1.54, 1.807) is 36.7 Å². The van der Waals surface area contributed by atoms with Crippen molar-refractivity contribution in [2.75, 3.05) is 5.32 Å². The molecule has 6 nitrogen and oxygen atoms in total. The van der Waals surface area contributed by atoms with E-state index in [2.05, 4.69) is 20.9 Å². The van der Waals surface area contributed by atoms with Crippen LogP contribution in [0.2, 0.25) is 0 Å². The number of hydrogen-bond donors (Lipinski definition) is 3. The summed E-state index contributed by atoms with van der Waals surface area (Å²) in [5.41, 5.74) is 2.16. The highest BCUT2D eigenvalue weighted by molar-refractivity contribution is 5.95. The summed E-state index contributed by atoms with van der Waals surface area (Å²) in [5.74, 6) is -0.113. The van der Waals surface area contributed by atoms with Gasteiger partial charge >= 0.3 is 6.03 Å². The molecule has 0 aliphatic rings. The number of anilines is 1. The van der Waals surface area contributed by atoms with Gasteiger partial charge in [0.15, 0.2) is 0 Å². The first-order valence-electron chi connectivity index (χ1n) is 7.93. The minimum Gasteiger partial charge on any atom is -0.350 e. The summed E-state index contributed by atoms with van der Waals surface area (Å²) in [6.07, 6.45) is 4.24. The molecule has 2 rings (SSSR count). The zero-order valence-electron chi connectivity index (χ0n) is 13.9. The lowest BCUT2D eigenvalue weighted by molar-refractivity contribution is 0.0939. The van der Waals surface area contributed by atoms with Crippen LogP contribution in [0.3, 0.4) is 0 Å². The number of carbonyl (C=O) groups is 2. The van der Waals surface area contributed by atoms with Gasteiger partial charge in [-0.25, -0.2) is 4.79 Å². The van der Waals surface area contributed by atoms with Gasteiger partial charge < -0.3 is 16.0 Å². The second kappa shape index (κ2) is 8.67. The fraction of sp³-hybridized carbons (Fsp3) is 0.278. The van der Waals surface area contributed by atoms with Crippen LogP contribution < -0.4 is 16.0 Å². The highest BCUT2D eigenvalue weighted by Crippen LogP contribution is 2.10. The van der Waals surface area contributed by atoms with E-state index in [0.29, 0.717) is 17.8 Å². The normalized spacial score (nSPS) is 11.4. The minimum atomic E-state index is -0.302. The molecule has 1 aromatic carbocycles. The van der Waals surface area contributed by atoms with Gasteiger partial charge in [0.05, 0.1) is 0 Å². The quantitative estimate of drug-likeness (QED) is 0.763. The molecule has 1 atom stereocenters. The SMILES string of the molecule is CC[C@H](C)NC(=O)c1ccc(NC(=O)NCc2ccncc2)cc1. The zero-order valence-corrected chi connectivity index (χ0v) is 13.9. The van der Waals surface area contributed by atoms with Gasteiger partial charge in [-0.1, -0.05) is 6.92 Å². The largest absolute Gasteiger partial charge is 0.350 e. The Kier molecular flexibility index (Phi) is 6.31. The van der Waals surface area contributed by atoms with E-state index in [1.807, 2.05) is 26.0 Å². The van der Waals surface area contributed by atoms with E-state index in [1.165, 1.54) is 0 Å². The number of rotatable bonds is 6. The van der Waals surface area contributed by atoms with Crippen molar-refractivity contribution >= 4 is 17.6 Å². The first-order valence-corrected chi connectivity index (χ1v) is 7.93. The molecule has 24 heavy (non-hydrogen) atoms. The molecule has 0 fully saturated rings. The number of urea groups is 1. The Balaban J connectivity index is 1.84. The molecule has 6 heteroatoms. The second-order valence-corrected chi connectivity index (χ2v) is 5.52. The number of hydrogen-bond acceptors (Lipinski definition) is 3. The highest BCUT2D eigenvalue weighted by atomic mass is 16.2. The summed E-state index contributed by atoms with van der Waals surface area (Å²) in [7, 11) is 0. The molecule has 1 heterocycles. The Morgan fingerprint density at radius 3 is 2.38 bits per heavy atom. The van der Waals surface area contributed by atoms with Crippen LogP contribution in [0.1, 0.15) is 36.2 Å². The molecule has 0 aliphatic carbocycles. The van der Waals surface area contributed by atoms with Crippen molar-refractivity contribution in [2.45, 2.75) is 32.9 Å². The topological polar surface area (TPSA) is 83.1 Å². The van der Waals surface area contributed by atoms with Crippen LogP contribution in [-0.4, -0.2) is 23.0 Å². The maximum Gasteiger partial charge on any atom is 0.319 e. The lowest BCUT2D eigenvalue weighted by Crippen LogP contribution is -2.32. The van der Waals surface area contributed by atoms with Crippen molar-refractivity contribution in [3.63, 3.8) is 0 Å². The van der Waals surface area contributed by atoms with Crippen molar-refractivity contribution in [1.82, 2.24) is 15.6 Å². The third-order valence-electron chi connectivity index (χ3n) is 3.60. The summed E-state index contributed by atoms with van der Waals surface area (Å²) in [4.78, 5) is 27.8. The smallest absolute Gasteiger partial charge is 0.319 e. The third kappa shape index (κ3) is 5.39. The number of pyridine rings is 1. The standard InChI is InChI=1S/C18H22N4O2/c1-3-13(2)21-17(23)15-4-6-16(7-5-15)22-18(24)20-12-14-8-10-19-11-9-14/h4-11,13H,3,12H2,1-2H3,(H,21,23)(H2,20,22,24)/t13-/m0/s1. The summed E-state index contributed by atoms with van der Waals surface area (Å²) in [6.45, 7) is 4.40. The molecule has 3 amide bonds. The van der Waals surface area contributed by atoms with Crippen LogP contribution in [0.4, 0.5) is 10.5 Å². The Bertz CT molecular complexity index is 671. The minimum absolute atomic E-state index is 0.113. The summed E-state index contributed by atoms with van der Waals surface area (Å²) >= 11 is 0. The van der Waals surface area contributed by atoms with Gasteiger partial charge in [0.1, 0.15) is 0 Å². The fourth-order valence-electron chi connectivity index (χ4n) is 1.97. The van der Waals surface area contributed by atoms with Crippen molar-refractivity contribution in [3.05, 3.63) is 59.9 Å². The maximum absolute atomic E-state index is 12.0. The van der Waals surface area contributed by atoms with E-state index in [9.17, 15) is 9.59 Å². The van der Waals surface area contributed by atoms with E-state index in [4.69, 9.17) is 0 Å². The van der Waals surface area contributed by atoms with Crippen LogP contribution in [0.5, 0.6) is 0 Å². The molecule has 1 aromatic heterocycles. The van der Waals surface area contributed by atoms with Gasteiger partial charge in [0.2, 0.25) is 0 Å². The van der Waals surface area contributed by atoms with Gasteiger partial charge in [-0.15, -0.1) is 0 Å². The summed E-state index contributed by atoms with van der Waals surface area (Å²) < 4.78 is 0. The molecular formula is C18H22N4O2. The highest BCUT2D eigenvalue weighted by Gasteiger charge is 2.08. The molecule has 0 spiro atoms. The van der Waals surface area contributed by atoms with Crippen LogP contribution in [0, 0.1) is 0 Å². The number of carbonyl (C=O) groups excluding carboxylic acids is 2. The first kappa shape index (κ1) is 17.5. The molecule has 0 radical (unpaired) electrons. The van der Waals surface area contributed by atoms with E-state index in [0.717, 1.165) is 12.0 Å². The lowest BCUT2D eigenvalue weighted by Gasteiger charge is -2.12. The van der Waals surface area contributed by atoms with Crippen LogP contribution in [0.25, 0.3) is 0 Å². The number of benzene rings is 1. The number of amides is 3. The zero-order chi connectivity index (χ0) is 17.4. The Morgan fingerprint density at radius 1 is 1.08 bits per heavy atom. The monoisotopic (exact) mass is 326 g/mol. The van der Waals surface area contributed by atoms with Crippen molar-refractivity contribution in [3.8, 4) is 0 Å². The van der Waals surface area contributed by atoms with Crippen LogP contribution in [-0.2, 0) is 6.54 Å². The molecule has 2 aromatic rings. The maximum atomic E-state index is 12.0. The fourth-order valence-corrected chi connectivity index (χ4v) is 1.97. The number of nitrogens with one attached hydrogen (secondary N) is 3. The van der Waals surface area contributed by atoms with E-state index < -0.39 is 0 Å². The van der Waals surface area contributed by atoms with Crippen molar-refractivity contribution in [1.29, 1.82) is 0 Å². The molecule has 3 N–H and O–H groups in total. The Morgan fingerprint density at radius 2 is 1.75 bits per heavy atom. The number of aromatic nitrogens is 1. The van der Waals surface area contributed by atoms with Gasteiger partial charge in [-0.2, -0.15) is 0 Å². The van der Waals surface area contributed by atoms with Crippen molar-refractivity contribution < 1.29 is 9.59 Å². The average Bonchev–Trinajstić information content (AvgIpc) is 2.61. The summed E-state index contributed by atoms with van der Waals surface area (Å²) in [5, 5.41) is 8.40. The van der Waals surface area contributed by atoms with Gasteiger partial charge in [0, 0.05) is 36.2 Å². The van der Waals surface area contributed by atoms with Gasteiger partial charge in [0.25, 0.3) is 5.91 Å². The predicted molar refractivity (Wildman–Crippen MR) is 93.8 cm³/mol. The Labute approximate surface area is 141 Å². The van der Waals surface area contributed by atoms with Gasteiger partial charge in [-0.3, -0.25) is 9.78 Å².